The van der Waals surface area contributed by atoms with Gasteiger partial charge in [0, 0.05) is 27.5 Å². The Labute approximate surface area is 208 Å². The maximum Gasteiger partial charge on any atom is 0.282 e. The molecule has 0 bridgehead atoms. The second-order valence-electron chi connectivity index (χ2n) is 7.35. The van der Waals surface area contributed by atoms with Gasteiger partial charge in [-0.25, -0.2) is 9.37 Å². The SMILES string of the molecule is CCc1nc2ccc(Br)cc2c(=O)n1N=Cc1cc(Cl)cc(OC)c1OCc1ccc(F)cc1. The van der Waals surface area contributed by atoms with E-state index in [0.29, 0.717) is 45.2 Å². The van der Waals surface area contributed by atoms with Gasteiger partial charge in [0.2, 0.25) is 0 Å². The molecule has 0 amide bonds. The minimum Gasteiger partial charge on any atom is -0.493 e. The van der Waals surface area contributed by atoms with E-state index in [4.69, 9.17) is 21.1 Å². The van der Waals surface area contributed by atoms with Gasteiger partial charge in [-0.2, -0.15) is 9.78 Å². The van der Waals surface area contributed by atoms with Gasteiger partial charge in [-0.1, -0.05) is 46.6 Å². The third kappa shape index (κ3) is 5.13. The first kappa shape index (κ1) is 23.9. The van der Waals surface area contributed by atoms with Crippen LogP contribution in [0.4, 0.5) is 4.39 Å². The average molecular weight is 545 g/mol. The van der Waals surface area contributed by atoms with Gasteiger partial charge < -0.3 is 9.47 Å². The van der Waals surface area contributed by atoms with Gasteiger partial charge in [0.25, 0.3) is 5.56 Å². The number of methoxy groups -OCH3 is 1. The Morgan fingerprint density at radius 1 is 1.18 bits per heavy atom. The Hall–Kier alpha value is -3.23. The zero-order chi connectivity index (χ0) is 24.2. The lowest BCUT2D eigenvalue weighted by Crippen LogP contribution is -2.22. The van der Waals surface area contributed by atoms with Crippen LogP contribution in [0.1, 0.15) is 23.9 Å². The molecule has 0 spiro atoms. The molecule has 0 aliphatic heterocycles. The van der Waals surface area contributed by atoms with Crippen molar-refractivity contribution < 1.29 is 13.9 Å². The zero-order valence-electron chi connectivity index (χ0n) is 18.4. The molecule has 9 heteroatoms. The molecule has 0 radical (unpaired) electrons. The Morgan fingerprint density at radius 3 is 2.65 bits per heavy atom. The van der Waals surface area contributed by atoms with E-state index in [1.54, 1.807) is 36.4 Å². The van der Waals surface area contributed by atoms with Crippen molar-refractivity contribution in [2.75, 3.05) is 7.11 Å². The molecular weight excluding hydrogens is 525 g/mol. The monoisotopic (exact) mass is 543 g/mol. The molecule has 0 aliphatic carbocycles. The van der Waals surface area contributed by atoms with Crippen LogP contribution in [0.25, 0.3) is 10.9 Å². The topological polar surface area (TPSA) is 65.7 Å². The minimum atomic E-state index is -0.325. The number of benzene rings is 3. The van der Waals surface area contributed by atoms with Gasteiger partial charge >= 0.3 is 0 Å². The summed E-state index contributed by atoms with van der Waals surface area (Å²) in [6, 6.07) is 14.6. The van der Waals surface area contributed by atoms with Crippen molar-refractivity contribution in [2.45, 2.75) is 20.0 Å². The van der Waals surface area contributed by atoms with E-state index in [2.05, 4.69) is 26.0 Å². The molecule has 0 saturated carbocycles. The Morgan fingerprint density at radius 2 is 1.94 bits per heavy atom. The quantitative estimate of drug-likeness (QED) is 0.268. The van der Waals surface area contributed by atoms with Crippen molar-refractivity contribution in [2.24, 2.45) is 5.10 Å². The lowest BCUT2D eigenvalue weighted by Gasteiger charge is -2.14. The van der Waals surface area contributed by atoms with Gasteiger partial charge in [0.05, 0.1) is 24.2 Å². The highest BCUT2D eigenvalue weighted by Gasteiger charge is 2.14. The summed E-state index contributed by atoms with van der Waals surface area (Å²) in [7, 11) is 1.50. The minimum absolute atomic E-state index is 0.171. The Kier molecular flexibility index (Phi) is 7.29. The van der Waals surface area contributed by atoms with E-state index < -0.39 is 0 Å². The van der Waals surface area contributed by atoms with Crippen molar-refractivity contribution in [3.8, 4) is 11.5 Å². The van der Waals surface area contributed by atoms with Gasteiger partial charge in [-0.05, 0) is 42.0 Å². The molecular formula is C25H20BrClFN3O3. The highest BCUT2D eigenvalue weighted by atomic mass is 79.9. The summed E-state index contributed by atoms with van der Waals surface area (Å²) in [6.07, 6.45) is 1.99. The average Bonchev–Trinajstić information content (AvgIpc) is 2.83. The molecule has 0 unspecified atom stereocenters. The fourth-order valence-electron chi connectivity index (χ4n) is 3.39. The molecule has 0 aliphatic rings. The Balaban J connectivity index is 1.76. The number of rotatable bonds is 7. The van der Waals surface area contributed by atoms with Crippen molar-refractivity contribution in [1.29, 1.82) is 0 Å². The van der Waals surface area contributed by atoms with Crippen LogP contribution in [-0.4, -0.2) is 23.0 Å². The number of aromatic nitrogens is 2. The molecule has 0 fully saturated rings. The smallest absolute Gasteiger partial charge is 0.282 e. The predicted molar refractivity (Wildman–Crippen MR) is 135 cm³/mol. The molecule has 1 heterocycles. The lowest BCUT2D eigenvalue weighted by atomic mass is 10.2. The van der Waals surface area contributed by atoms with Gasteiger partial charge in [0.1, 0.15) is 18.2 Å². The molecule has 34 heavy (non-hydrogen) atoms. The predicted octanol–water partition coefficient (Wildman–Crippen LogP) is 5.98. The first-order valence-electron chi connectivity index (χ1n) is 10.4. The van der Waals surface area contributed by atoms with Crippen molar-refractivity contribution in [3.63, 3.8) is 0 Å². The van der Waals surface area contributed by atoms with Crippen LogP contribution in [-0.2, 0) is 13.0 Å². The molecule has 0 atom stereocenters. The maximum atomic E-state index is 13.2. The third-order valence-corrected chi connectivity index (χ3v) is 5.78. The van der Waals surface area contributed by atoms with Crippen LogP contribution in [0.5, 0.6) is 11.5 Å². The van der Waals surface area contributed by atoms with Crippen LogP contribution < -0.4 is 15.0 Å². The Bertz CT molecular complexity index is 1440. The number of hydrogen-bond donors (Lipinski definition) is 0. The number of nitrogens with zero attached hydrogens (tertiary/aromatic N) is 3. The fraction of sp³-hybridized carbons (Fsp3) is 0.160. The number of ether oxygens (including phenoxy) is 2. The number of aryl methyl sites for hydroxylation is 1. The summed E-state index contributed by atoms with van der Waals surface area (Å²) >= 11 is 9.67. The van der Waals surface area contributed by atoms with Gasteiger partial charge in [0.15, 0.2) is 11.5 Å². The third-order valence-electron chi connectivity index (χ3n) is 5.07. The standard InChI is InChI=1S/C25H20BrClFN3O3/c1-3-23-30-21-9-6-17(26)11-20(21)25(32)31(23)29-13-16-10-18(27)12-22(33-2)24(16)34-14-15-4-7-19(28)8-5-15/h4-13H,3,14H2,1-2H3. The highest BCUT2D eigenvalue weighted by Crippen LogP contribution is 2.34. The van der Waals surface area contributed by atoms with E-state index in [-0.39, 0.29) is 18.0 Å². The van der Waals surface area contributed by atoms with Crippen LogP contribution in [0.15, 0.2) is 69.0 Å². The van der Waals surface area contributed by atoms with E-state index in [1.807, 2.05) is 13.0 Å². The number of hydrogen-bond acceptors (Lipinski definition) is 5. The molecule has 6 nitrogen and oxygen atoms in total. The molecule has 1 aromatic heterocycles. The van der Waals surface area contributed by atoms with Crippen molar-refractivity contribution in [3.05, 3.63) is 97.2 Å². The summed E-state index contributed by atoms with van der Waals surface area (Å²) < 4.78 is 26.7. The van der Waals surface area contributed by atoms with Crippen molar-refractivity contribution in [1.82, 2.24) is 9.66 Å². The summed E-state index contributed by atoms with van der Waals surface area (Å²) in [5.74, 6) is 0.981. The number of halogens is 3. The van der Waals surface area contributed by atoms with E-state index in [0.717, 1.165) is 10.0 Å². The molecule has 174 valence electrons. The normalized spacial score (nSPS) is 11.3. The molecule has 3 aromatic carbocycles. The molecule has 0 saturated heterocycles. The second-order valence-corrected chi connectivity index (χ2v) is 8.70. The summed E-state index contributed by atoms with van der Waals surface area (Å²) in [5, 5.41) is 5.29. The number of fused-ring (bicyclic) bond motifs is 1. The summed E-state index contributed by atoms with van der Waals surface area (Å²) in [5.41, 5.74) is 1.59. The molecule has 0 N–H and O–H groups in total. The van der Waals surface area contributed by atoms with E-state index in [1.165, 1.54) is 30.1 Å². The van der Waals surface area contributed by atoms with Gasteiger partial charge in [-0.3, -0.25) is 4.79 Å². The first-order chi connectivity index (χ1) is 16.4. The fourth-order valence-corrected chi connectivity index (χ4v) is 3.97. The van der Waals surface area contributed by atoms with Crippen LogP contribution in [0.2, 0.25) is 5.02 Å². The summed E-state index contributed by atoms with van der Waals surface area (Å²) in [4.78, 5) is 17.8. The van der Waals surface area contributed by atoms with Crippen LogP contribution in [0.3, 0.4) is 0 Å². The van der Waals surface area contributed by atoms with E-state index >= 15 is 0 Å². The largest absolute Gasteiger partial charge is 0.493 e. The van der Waals surface area contributed by atoms with Crippen molar-refractivity contribution >= 4 is 44.6 Å². The lowest BCUT2D eigenvalue weighted by molar-refractivity contribution is 0.284. The van der Waals surface area contributed by atoms with Crippen LogP contribution >= 0.6 is 27.5 Å². The van der Waals surface area contributed by atoms with E-state index in [9.17, 15) is 9.18 Å². The van der Waals surface area contributed by atoms with Gasteiger partial charge in [-0.15, -0.1) is 0 Å². The highest BCUT2D eigenvalue weighted by molar-refractivity contribution is 9.10. The van der Waals surface area contributed by atoms with Crippen LogP contribution in [0, 0.1) is 5.82 Å². The first-order valence-corrected chi connectivity index (χ1v) is 11.6. The molecule has 4 rings (SSSR count). The summed E-state index contributed by atoms with van der Waals surface area (Å²) in [6.45, 7) is 2.07. The maximum absolute atomic E-state index is 13.2. The zero-order valence-corrected chi connectivity index (χ0v) is 20.7. The second kappa shape index (κ2) is 10.4. The molecule has 4 aromatic rings.